The minimum Gasteiger partial charge on any atom is -0.490 e. The molecular weight excluding hydrogens is 260 g/mol. The molecule has 1 rings (SSSR count). The van der Waals surface area contributed by atoms with Crippen molar-refractivity contribution >= 4 is 0 Å². The van der Waals surface area contributed by atoms with E-state index in [1.165, 1.54) is 26.0 Å². The second-order valence-electron chi connectivity index (χ2n) is 4.50. The SMILES string of the molecule is CC.Cc1ccc(OCC(C)(C)F)c(C(F)(F)F)c1. The van der Waals surface area contributed by atoms with Crippen LogP contribution < -0.4 is 4.74 Å². The van der Waals surface area contributed by atoms with Gasteiger partial charge in [-0.3, -0.25) is 0 Å². The molecule has 110 valence electrons. The van der Waals surface area contributed by atoms with E-state index in [4.69, 9.17) is 4.74 Å². The van der Waals surface area contributed by atoms with E-state index in [-0.39, 0.29) is 5.75 Å². The van der Waals surface area contributed by atoms with Gasteiger partial charge in [0.15, 0.2) is 0 Å². The number of halogens is 4. The number of benzene rings is 1. The van der Waals surface area contributed by atoms with Crippen LogP contribution in [0.25, 0.3) is 0 Å². The van der Waals surface area contributed by atoms with Gasteiger partial charge in [0.1, 0.15) is 18.0 Å². The van der Waals surface area contributed by atoms with Crippen molar-refractivity contribution in [3.05, 3.63) is 29.3 Å². The van der Waals surface area contributed by atoms with E-state index < -0.39 is 24.0 Å². The first-order chi connectivity index (χ1) is 8.59. The summed E-state index contributed by atoms with van der Waals surface area (Å²) in [5.74, 6) is -0.339. The summed E-state index contributed by atoms with van der Waals surface area (Å²) in [5, 5.41) is 0. The molecule has 0 N–H and O–H groups in total. The van der Waals surface area contributed by atoms with E-state index in [1.54, 1.807) is 6.92 Å². The molecule has 0 aliphatic heterocycles. The first-order valence-corrected chi connectivity index (χ1v) is 6.09. The van der Waals surface area contributed by atoms with Gasteiger partial charge >= 0.3 is 6.18 Å². The van der Waals surface area contributed by atoms with Gasteiger partial charge in [0.25, 0.3) is 0 Å². The van der Waals surface area contributed by atoms with E-state index in [1.807, 2.05) is 13.8 Å². The van der Waals surface area contributed by atoms with Crippen LogP contribution in [0.2, 0.25) is 0 Å². The van der Waals surface area contributed by atoms with E-state index in [2.05, 4.69) is 0 Å². The zero-order valence-corrected chi connectivity index (χ0v) is 11.9. The Morgan fingerprint density at radius 1 is 1.05 bits per heavy atom. The molecule has 0 aromatic heterocycles. The van der Waals surface area contributed by atoms with E-state index >= 15 is 0 Å². The van der Waals surface area contributed by atoms with Crippen molar-refractivity contribution in [3.63, 3.8) is 0 Å². The Balaban J connectivity index is 0.00000154. The number of rotatable bonds is 3. The van der Waals surface area contributed by atoms with Gasteiger partial charge in [-0.1, -0.05) is 25.5 Å². The van der Waals surface area contributed by atoms with Crippen LogP contribution in [0.4, 0.5) is 17.6 Å². The number of hydrogen-bond donors (Lipinski definition) is 0. The molecule has 0 spiro atoms. The zero-order chi connectivity index (χ0) is 15.3. The third kappa shape index (κ3) is 6.45. The van der Waals surface area contributed by atoms with Crippen molar-refractivity contribution in [2.75, 3.05) is 6.61 Å². The highest BCUT2D eigenvalue weighted by Crippen LogP contribution is 2.37. The van der Waals surface area contributed by atoms with E-state index in [0.717, 1.165) is 6.07 Å². The second kappa shape index (κ2) is 6.78. The molecule has 1 aromatic rings. The molecule has 0 atom stereocenters. The molecule has 1 aromatic carbocycles. The smallest absolute Gasteiger partial charge is 0.419 e. The van der Waals surface area contributed by atoms with E-state index in [9.17, 15) is 17.6 Å². The Labute approximate surface area is 111 Å². The summed E-state index contributed by atoms with van der Waals surface area (Å²) in [6, 6.07) is 3.69. The van der Waals surface area contributed by atoms with Gasteiger partial charge < -0.3 is 4.74 Å². The average Bonchev–Trinajstić information content (AvgIpc) is 2.28. The lowest BCUT2D eigenvalue weighted by molar-refractivity contribution is -0.139. The fourth-order valence-corrected chi connectivity index (χ4v) is 1.24. The van der Waals surface area contributed by atoms with Gasteiger partial charge in [-0.05, 0) is 32.9 Å². The third-order valence-corrected chi connectivity index (χ3v) is 2.01. The van der Waals surface area contributed by atoms with Gasteiger partial charge in [-0.2, -0.15) is 13.2 Å². The highest BCUT2D eigenvalue weighted by atomic mass is 19.4. The lowest BCUT2D eigenvalue weighted by atomic mass is 10.1. The van der Waals surface area contributed by atoms with Gasteiger partial charge in [0, 0.05) is 0 Å². The summed E-state index contributed by atoms with van der Waals surface area (Å²) < 4.78 is 56.1. The summed E-state index contributed by atoms with van der Waals surface area (Å²) in [4.78, 5) is 0. The molecule has 0 bridgehead atoms. The highest BCUT2D eigenvalue weighted by molar-refractivity contribution is 5.38. The van der Waals surface area contributed by atoms with Crippen LogP contribution in [0.15, 0.2) is 18.2 Å². The Morgan fingerprint density at radius 2 is 1.58 bits per heavy atom. The summed E-state index contributed by atoms with van der Waals surface area (Å²) in [5.41, 5.74) is -2.07. The minimum absolute atomic E-state index is 0.339. The maximum absolute atomic E-state index is 13.2. The van der Waals surface area contributed by atoms with Crippen molar-refractivity contribution in [1.82, 2.24) is 0 Å². The van der Waals surface area contributed by atoms with Crippen molar-refractivity contribution in [3.8, 4) is 5.75 Å². The number of aryl methyl sites for hydroxylation is 1. The van der Waals surface area contributed by atoms with Crippen molar-refractivity contribution in [1.29, 1.82) is 0 Å². The van der Waals surface area contributed by atoms with Crippen LogP contribution in [0.5, 0.6) is 5.75 Å². The van der Waals surface area contributed by atoms with Gasteiger partial charge in [-0.15, -0.1) is 0 Å². The zero-order valence-electron chi connectivity index (χ0n) is 11.9. The van der Waals surface area contributed by atoms with Gasteiger partial charge in [0.05, 0.1) is 5.56 Å². The third-order valence-electron chi connectivity index (χ3n) is 2.01. The standard InChI is InChI=1S/C12H14F4O.C2H6/c1-8-4-5-10(17-7-11(2,3)13)9(6-8)12(14,15)16;1-2/h4-6H,7H2,1-3H3;1-2H3. The topological polar surface area (TPSA) is 9.23 Å². The molecule has 0 aliphatic carbocycles. The predicted octanol–water partition coefficient (Wildman–Crippen LogP) is 5.17. The number of alkyl halides is 4. The van der Waals surface area contributed by atoms with Crippen LogP contribution in [0.3, 0.4) is 0 Å². The maximum Gasteiger partial charge on any atom is 0.419 e. The molecule has 0 aliphatic rings. The quantitative estimate of drug-likeness (QED) is 0.694. The Hall–Kier alpha value is -1.26. The Kier molecular flexibility index (Phi) is 6.33. The summed E-state index contributed by atoms with van der Waals surface area (Å²) in [7, 11) is 0. The molecule has 0 saturated heterocycles. The Bertz CT molecular complexity index is 391. The van der Waals surface area contributed by atoms with Crippen molar-refractivity contribution in [2.45, 2.75) is 46.5 Å². The van der Waals surface area contributed by atoms with Crippen molar-refractivity contribution in [2.24, 2.45) is 0 Å². The molecule has 19 heavy (non-hydrogen) atoms. The van der Waals surface area contributed by atoms with Gasteiger partial charge in [-0.25, -0.2) is 4.39 Å². The molecular formula is C14H20F4O. The first-order valence-electron chi connectivity index (χ1n) is 6.09. The number of hydrogen-bond acceptors (Lipinski definition) is 1. The number of ether oxygens (including phenoxy) is 1. The summed E-state index contributed by atoms with van der Waals surface area (Å²) in [6.07, 6.45) is -4.50. The van der Waals surface area contributed by atoms with Crippen molar-refractivity contribution < 1.29 is 22.3 Å². The fraction of sp³-hybridized carbons (Fsp3) is 0.571. The molecule has 0 heterocycles. The molecule has 0 amide bonds. The second-order valence-corrected chi connectivity index (χ2v) is 4.50. The predicted molar refractivity (Wildman–Crippen MR) is 68.2 cm³/mol. The van der Waals surface area contributed by atoms with Gasteiger partial charge in [0.2, 0.25) is 0 Å². The molecule has 0 unspecified atom stereocenters. The lowest BCUT2D eigenvalue weighted by Gasteiger charge is -2.18. The fourth-order valence-electron chi connectivity index (χ4n) is 1.24. The molecule has 0 radical (unpaired) electrons. The van der Waals surface area contributed by atoms with Crippen LogP contribution in [-0.4, -0.2) is 12.3 Å². The first kappa shape index (κ1) is 17.7. The van der Waals surface area contributed by atoms with Crippen LogP contribution in [-0.2, 0) is 6.18 Å². The Morgan fingerprint density at radius 3 is 2.00 bits per heavy atom. The highest BCUT2D eigenvalue weighted by Gasteiger charge is 2.34. The van der Waals surface area contributed by atoms with E-state index in [0.29, 0.717) is 5.56 Å². The van der Waals surface area contributed by atoms with Crippen LogP contribution >= 0.6 is 0 Å². The normalized spacial score (nSPS) is 11.6. The monoisotopic (exact) mass is 280 g/mol. The summed E-state index contributed by atoms with van der Waals surface area (Å²) in [6.45, 7) is 7.63. The van der Waals surface area contributed by atoms with Crippen LogP contribution in [0, 0.1) is 6.92 Å². The molecule has 0 fully saturated rings. The molecule has 0 saturated carbocycles. The largest absolute Gasteiger partial charge is 0.490 e. The average molecular weight is 280 g/mol. The lowest BCUT2D eigenvalue weighted by Crippen LogP contribution is -2.23. The summed E-state index contributed by atoms with van der Waals surface area (Å²) >= 11 is 0. The van der Waals surface area contributed by atoms with Crippen LogP contribution in [0.1, 0.15) is 38.8 Å². The maximum atomic E-state index is 13.2. The molecule has 1 nitrogen and oxygen atoms in total. The molecule has 5 heteroatoms. The minimum atomic E-state index is -4.50.